The van der Waals surface area contributed by atoms with E-state index in [4.69, 9.17) is 16.3 Å². The number of hydrogen-bond donors (Lipinski definition) is 0. The molecule has 0 unspecified atom stereocenters. The molecule has 17 heavy (non-hydrogen) atoms. The Kier molecular flexibility index (Phi) is 4.28. The molecule has 2 heterocycles. The average Bonchev–Trinajstić information content (AvgIpc) is 2.76. The number of aromatic nitrogens is 3. The van der Waals surface area contributed by atoms with Crippen LogP contribution in [-0.4, -0.2) is 21.6 Å². The van der Waals surface area contributed by atoms with Gasteiger partial charge in [0.25, 0.3) is 0 Å². The van der Waals surface area contributed by atoms with Crippen LogP contribution >= 0.6 is 22.9 Å². The van der Waals surface area contributed by atoms with Crippen LogP contribution in [0.1, 0.15) is 16.3 Å². The van der Waals surface area contributed by atoms with E-state index in [-0.39, 0.29) is 0 Å². The van der Waals surface area contributed by atoms with Gasteiger partial charge in [0.05, 0.1) is 41.8 Å². The Hall–Kier alpha value is -1.20. The van der Waals surface area contributed by atoms with Crippen LogP contribution in [0.5, 0.6) is 5.88 Å². The first kappa shape index (κ1) is 12.3. The van der Waals surface area contributed by atoms with E-state index in [9.17, 15) is 0 Å². The van der Waals surface area contributed by atoms with Gasteiger partial charge in [0, 0.05) is 11.3 Å². The van der Waals surface area contributed by atoms with E-state index in [1.54, 1.807) is 23.7 Å². The highest BCUT2D eigenvalue weighted by atomic mass is 35.5. The Morgan fingerprint density at radius 1 is 1.29 bits per heavy atom. The number of alkyl halides is 1. The third-order valence-corrected chi connectivity index (χ3v) is 3.51. The maximum absolute atomic E-state index is 5.62. The summed E-state index contributed by atoms with van der Waals surface area (Å²) in [6.07, 6.45) is 4.06. The number of nitrogens with zero attached hydrogens (tertiary/aromatic N) is 3. The van der Waals surface area contributed by atoms with E-state index in [0.717, 1.165) is 17.8 Å². The molecule has 0 aliphatic carbocycles. The molecular formula is C11H12ClN3OS. The molecule has 0 aliphatic heterocycles. The second-order valence-corrected chi connectivity index (χ2v) is 4.65. The van der Waals surface area contributed by atoms with Crippen LogP contribution in [0.2, 0.25) is 0 Å². The Morgan fingerprint density at radius 3 is 2.76 bits per heavy atom. The molecule has 0 atom stereocenters. The van der Waals surface area contributed by atoms with Crippen LogP contribution in [0.15, 0.2) is 17.9 Å². The fourth-order valence-electron chi connectivity index (χ4n) is 1.30. The minimum Gasteiger partial charge on any atom is -0.476 e. The summed E-state index contributed by atoms with van der Waals surface area (Å²) >= 11 is 7.27. The molecule has 90 valence electrons. The van der Waals surface area contributed by atoms with Gasteiger partial charge in [0.1, 0.15) is 0 Å². The molecule has 0 bridgehead atoms. The van der Waals surface area contributed by atoms with Gasteiger partial charge in [0.15, 0.2) is 0 Å². The topological polar surface area (TPSA) is 47.9 Å². The van der Waals surface area contributed by atoms with Gasteiger partial charge >= 0.3 is 0 Å². The SMILES string of the molecule is Cc1ncsc1CCOc1cnc(CCl)cn1. The molecule has 0 amide bonds. The highest BCUT2D eigenvalue weighted by Gasteiger charge is 2.02. The first-order valence-corrected chi connectivity index (χ1v) is 6.59. The van der Waals surface area contributed by atoms with Crippen molar-refractivity contribution in [3.63, 3.8) is 0 Å². The molecule has 0 spiro atoms. The Labute approximate surface area is 109 Å². The highest BCUT2D eigenvalue weighted by molar-refractivity contribution is 7.09. The van der Waals surface area contributed by atoms with Crippen molar-refractivity contribution in [2.45, 2.75) is 19.2 Å². The largest absolute Gasteiger partial charge is 0.476 e. The Morgan fingerprint density at radius 2 is 2.18 bits per heavy atom. The summed E-state index contributed by atoms with van der Waals surface area (Å²) in [6.45, 7) is 2.58. The fourth-order valence-corrected chi connectivity index (χ4v) is 2.20. The van der Waals surface area contributed by atoms with E-state index in [0.29, 0.717) is 18.4 Å². The summed E-state index contributed by atoms with van der Waals surface area (Å²) in [6, 6.07) is 0. The maximum atomic E-state index is 5.62. The molecule has 0 N–H and O–H groups in total. The molecule has 0 aromatic carbocycles. The predicted octanol–water partition coefficient (Wildman–Crippen LogP) is 2.60. The first-order chi connectivity index (χ1) is 8.29. The normalized spacial score (nSPS) is 10.5. The first-order valence-electron chi connectivity index (χ1n) is 5.18. The number of halogens is 1. The van der Waals surface area contributed by atoms with Crippen LogP contribution in [0.3, 0.4) is 0 Å². The van der Waals surface area contributed by atoms with E-state index in [1.165, 1.54) is 4.88 Å². The van der Waals surface area contributed by atoms with Gasteiger partial charge in [-0.2, -0.15) is 0 Å². The van der Waals surface area contributed by atoms with Crippen LogP contribution < -0.4 is 4.74 Å². The zero-order valence-electron chi connectivity index (χ0n) is 9.39. The monoisotopic (exact) mass is 269 g/mol. The third kappa shape index (κ3) is 3.38. The fraction of sp³-hybridized carbons (Fsp3) is 0.364. The molecule has 2 rings (SSSR count). The van der Waals surface area contributed by atoms with Crippen LogP contribution in [-0.2, 0) is 12.3 Å². The lowest BCUT2D eigenvalue weighted by Gasteiger charge is -2.04. The van der Waals surface area contributed by atoms with Gasteiger partial charge in [0.2, 0.25) is 5.88 Å². The molecule has 4 nitrogen and oxygen atoms in total. The molecule has 0 fully saturated rings. The van der Waals surface area contributed by atoms with Gasteiger partial charge in [-0.05, 0) is 6.92 Å². The Balaban J connectivity index is 1.83. The highest BCUT2D eigenvalue weighted by Crippen LogP contribution is 2.13. The summed E-state index contributed by atoms with van der Waals surface area (Å²) in [5.74, 6) is 0.897. The van der Waals surface area contributed by atoms with Gasteiger partial charge in [-0.1, -0.05) is 0 Å². The number of rotatable bonds is 5. The standard InChI is InChI=1S/C11H12ClN3OS/c1-8-10(17-7-15-8)2-3-16-11-6-13-9(4-12)5-14-11/h5-7H,2-4H2,1H3. The van der Waals surface area contributed by atoms with E-state index in [1.807, 2.05) is 12.4 Å². The second kappa shape index (κ2) is 5.93. The summed E-state index contributed by atoms with van der Waals surface area (Å²) in [5.41, 5.74) is 3.67. The van der Waals surface area contributed by atoms with Crippen LogP contribution in [0.25, 0.3) is 0 Å². The van der Waals surface area contributed by atoms with Crippen molar-refractivity contribution in [1.82, 2.24) is 15.0 Å². The number of hydrogen-bond acceptors (Lipinski definition) is 5. The van der Waals surface area contributed by atoms with Gasteiger partial charge in [-0.3, -0.25) is 4.98 Å². The van der Waals surface area contributed by atoms with Crippen molar-refractivity contribution in [3.05, 3.63) is 34.2 Å². The summed E-state index contributed by atoms with van der Waals surface area (Å²) in [7, 11) is 0. The zero-order valence-corrected chi connectivity index (χ0v) is 11.0. The van der Waals surface area contributed by atoms with Gasteiger partial charge in [-0.25, -0.2) is 9.97 Å². The quantitative estimate of drug-likeness (QED) is 0.783. The number of aryl methyl sites for hydroxylation is 1. The molecule has 6 heteroatoms. The lowest BCUT2D eigenvalue weighted by Crippen LogP contribution is -2.03. The third-order valence-electron chi connectivity index (χ3n) is 2.24. The van der Waals surface area contributed by atoms with Crippen LogP contribution in [0.4, 0.5) is 0 Å². The van der Waals surface area contributed by atoms with Crippen LogP contribution in [0, 0.1) is 6.92 Å². The lowest BCUT2D eigenvalue weighted by atomic mass is 10.3. The van der Waals surface area contributed by atoms with Crippen molar-refractivity contribution >= 4 is 22.9 Å². The minimum absolute atomic E-state index is 0.368. The second-order valence-electron chi connectivity index (χ2n) is 3.44. The van der Waals surface area contributed by atoms with E-state index < -0.39 is 0 Å². The number of ether oxygens (including phenoxy) is 1. The molecule has 0 radical (unpaired) electrons. The molecular weight excluding hydrogens is 258 g/mol. The Bertz CT molecular complexity index is 472. The van der Waals surface area contributed by atoms with Crippen molar-refractivity contribution in [3.8, 4) is 5.88 Å². The van der Waals surface area contributed by atoms with Crippen molar-refractivity contribution in [1.29, 1.82) is 0 Å². The van der Waals surface area contributed by atoms with Crippen molar-refractivity contribution in [2.24, 2.45) is 0 Å². The molecule has 0 saturated heterocycles. The zero-order chi connectivity index (χ0) is 12.1. The average molecular weight is 270 g/mol. The van der Waals surface area contributed by atoms with E-state index in [2.05, 4.69) is 15.0 Å². The van der Waals surface area contributed by atoms with Gasteiger partial charge < -0.3 is 4.74 Å². The molecule has 0 saturated carbocycles. The summed E-state index contributed by atoms with van der Waals surface area (Å²) < 4.78 is 5.50. The smallest absolute Gasteiger partial charge is 0.232 e. The molecule has 2 aromatic rings. The van der Waals surface area contributed by atoms with Crippen molar-refractivity contribution < 1.29 is 4.74 Å². The maximum Gasteiger partial charge on any atom is 0.232 e. The lowest BCUT2D eigenvalue weighted by molar-refractivity contribution is 0.308. The number of thiazole rings is 1. The minimum atomic E-state index is 0.368. The predicted molar refractivity (Wildman–Crippen MR) is 67.6 cm³/mol. The van der Waals surface area contributed by atoms with Crippen molar-refractivity contribution in [2.75, 3.05) is 6.61 Å². The molecule has 0 aliphatic rings. The summed E-state index contributed by atoms with van der Waals surface area (Å²) in [4.78, 5) is 13.6. The van der Waals surface area contributed by atoms with Gasteiger partial charge in [-0.15, -0.1) is 22.9 Å². The van der Waals surface area contributed by atoms with E-state index >= 15 is 0 Å². The summed E-state index contributed by atoms with van der Waals surface area (Å²) in [5, 5.41) is 0. The molecule has 2 aromatic heterocycles.